The fourth-order valence-electron chi connectivity index (χ4n) is 3.84. The van der Waals surface area contributed by atoms with Crippen molar-refractivity contribution in [3.63, 3.8) is 0 Å². The molecule has 0 amide bonds. The van der Waals surface area contributed by atoms with Crippen molar-refractivity contribution in [2.75, 3.05) is 18.6 Å². The van der Waals surface area contributed by atoms with Gasteiger partial charge >= 0.3 is 12.1 Å². The summed E-state index contributed by atoms with van der Waals surface area (Å²) in [6.45, 7) is 1.43. The number of halogens is 4. The minimum Gasteiger partial charge on any atom is -0.457 e. The first-order valence-corrected chi connectivity index (χ1v) is 12.0. The van der Waals surface area contributed by atoms with Gasteiger partial charge in [0.1, 0.15) is 17.2 Å². The van der Waals surface area contributed by atoms with Crippen molar-refractivity contribution in [1.29, 1.82) is 0 Å². The number of hydrogen-bond acceptors (Lipinski definition) is 9. The van der Waals surface area contributed by atoms with Gasteiger partial charge in [0.25, 0.3) is 5.56 Å². The zero-order chi connectivity index (χ0) is 28.7. The number of nitrogens with one attached hydrogen (secondary N) is 1. The van der Waals surface area contributed by atoms with Gasteiger partial charge in [-0.3, -0.25) is 29.5 Å². The molecule has 0 saturated heterocycles. The van der Waals surface area contributed by atoms with Gasteiger partial charge in [-0.25, -0.2) is 9.68 Å². The lowest BCUT2D eigenvalue weighted by atomic mass is 10.2. The van der Waals surface area contributed by atoms with Gasteiger partial charge in [-0.2, -0.15) is 0 Å². The lowest BCUT2D eigenvalue weighted by molar-refractivity contribution is -0.274. The third-order valence-electron chi connectivity index (χ3n) is 5.65. The molecule has 0 fully saturated rings. The fraction of sp³-hybridized carbons (Fsp3) is 0.375. The molecule has 0 spiro atoms. The highest BCUT2D eigenvalue weighted by atomic mass is 35.5. The molecule has 15 heteroatoms. The maximum atomic E-state index is 13.7. The van der Waals surface area contributed by atoms with Crippen LogP contribution in [-0.4, -0.2) is 45.7 Å². The molecule has 3 rings (SSSR count). The quantitative estimate of drug-likeness (QED) is 0.146. The van der Waals surface area contributed by atoms with Crippen LogP contribution in [0.1, 0.15) is 17.7 Å². The SMILES string of the molecule is CNC(Oc1cccc(OC(F)(F)F)c1)N(Cc1cncc(Cl)c1)c1c(C)n(C)c(=O)n(CCCOO)c1=O. The Balaban J connectivity index is 2.12. The van der Waals surface area contributed by atoms with Gasteiger partial charge in [-0.15, -0.1) is 13.2 Å². The van der Waals surface area contributed by atoms with Gasteiger partial charge in [0.15, 0.2) is 0 Å². The van der Waals surface area contributed by atoms with Crippen LogP contribution in [0.25, 0.3) is 0 Å². The summed E-state index contributed by atoms with van der Waals surface area (Å²) in [6.07, 6.45) is -2.89. The van der Waals surface area contributed by atoms with Gasteiger partial charge < -0.3 is 14.4 Å². The Bertz CT molecular complexity index is 1400. The Morgan fingerprint density at radius 3 is 2.56 bits per heavy atom. The first kappa shape index (κ1) is 30.0. The number of benzene rings is 1. The Morgan fingerprint density at radius 2 is 1.92 bits per heavy atom. The maximum absolute atomic E-state index is 13.7. The molecule has 0 aliphatic rings. The van der Waals surface area contributed by atoms with Crippen molar-refractivity contribution in [3.8, 4) is 11.5 Å². The number of hydrogen-bond donors (Lipinski definition) is 2. The maximum Gasteiger partial charge on any atom is 0.573 e. The molecule has 2 heterocycles. The molecule has 2 N–H and O–H groups in total. The van der Waals surface area contributed by atoms with Crippen molar-refractivity contribution in [1.82, 2.24) is 19.4 Å². The van der Waals surface area contributed by atoms with Crippen molar-refractivity contribution in [3.05, 3.63) is 79.8 Å². The second-order valence-corrected chi connectivity index (χ2v) is 8.78. The van der Waals surface area contributed by atoms with Crippen LogP contribution in [0, 0.1) is 6.92 Å². The lowest BCUT2D eigenvalue weighted by Gasteiger charge is -2.34. The third kappa shape index (κ3) is 7.72. The van der Waals surface area contributed by atoms with Crippen LogP contribution >= 0.6 is 11.6 Å². The molecular weight excluding hydrogens is 547 g/mol. The predicted octanol–water partition coefficient (Wildman–Crippen LogP) is 3.27. The predicted molar refractivity (Wildman–Crippen MR) is 136 cm³/mol. The molecule has 0 saturated carbocycles. The molecule has 2 aromatic heterocycles. The minimum atomic E-state index is -4.90. The van der Waals surface area contributed by atoms with Crippen LogP contribution in [0.5, 0.6) is 11.5 Å². The average molecular weight is 574 g/mol. The zero-order valence-corrected chi connectivity index (χ0v) is 22.0. The van der Waals surface area contributed by atoms with E-state index >= 15 is 0 Å². The molecule has 0 radical (unpaired) electrons. The van der Waals surface area contributed by atoms with E-state index in [-0.39, 0.29) is 37.6 Å². The van der Waals surface area contributed by atoms with Crippen molar-refractivity contribution < 1.29 is 32.8 Å². The topological polar surface area (TPSA) is 120 Å². The summed E-state index contributed by atoms with van der Waals surface area (Å²) in [5.74, 6) is -0.486. The van der Waals surface area contributed by atoms with Crippen LogP contribution in [0.4, 0.5) is 18.9 Å². The van der Waals surface area contributed by atoms with E-state index in [1.54, 1.807) is 13.0 Å². The standard InChI is InChI=1S/C24H27ClF3N5O6/c1-15-20(21(34)32(8-5-9-37-36)23(35)31(15)3)33(14-16-10-17(25)13-30-12-16)22(29-2)38-18-6-4-7-19(11-18)39-24(26,27)28/h4,6-7,10-13,22,29,36H,5,8-9,14H2,1-3H3. The molecular formula is C24H27ClF3N5O6. The van der Waals surface area contributed by atoms with E-state index < -0.39 is 29.7 Å². The highest BCUT2D eigenvalue weighted by molar-refractivity contribution is 6.30. The van der Waals surface area contributed by atoms with E-state index in [0.29, 0.717) is 16.3 Å². The van der Waals surface area contributed by atoms with E-state index in [4.69, 9.17) is 21.6 Å². The smallest absolute Gasteiger partial charge is 0.457 e. The molecule has 1 unspecified atom stereocenters. The summed E-state index contributed by atoms with van der Waals surface area (Å²) >= 11 is 6.12. The number of ether oxygens (including phenoxy) is 2. The Kier molecular flexibility index (Phi) is 9.97. The molecule has 11 nitrogen and oxygen atoms in total. The molecule has 1 aromatic carbocycles. The second-order valence-electron chi connectivity index (χ2n) is 8.34. The summed E-state index contributed by atoms with van der Waals surface area (Å²) in [7, 11) is 3.02. The Hall–Kier alpha value is -3.59. The van der Waals surface area contributed by atoms with Gasteiger partial charge in [0.05, 0.1) is 11.6 Å². The Morgan fingerprint density at radius 1 is 1.21 bits per heavy atom. The van der Waals surface area contributed by atoms with Crippen molar-refractivity contribution >= 4 is 17.3 Å². The number of alkyl halides is 3. The average Bonchev–Trinajstić information content (AvgIpc) is 2.87. The van der Waals surface area contributed by atoms with Gasteiger partial charge in [0.2, 0.25) is 6.35 Å². The van der Waals surface area contributed by atoms with Crippen molar-refractivity contribution in [2.45, 2.75) is 39.1 Å². The molecule has 3 aromatic rings. The van der Waals surface area contributed by atoms with Crippen LogP contribution in [0.2, 0.25) is 5.02 Å². The molecule has 0 aliphatic carbocycles. The monoisotopic (exact) mass is 573 g/mol. The molecule has 0 aliphatic heterocycles. The van der Waals surface area contributed by atoms with Crippen LogP contribution in [0.3, 0.4) is 0 Å². The van der Waals surface area contributed by atoms with Crippen LogP contribution in [-0.2, 0) is 25.0 Å². The highest BCUT2D eigenvalue weighted by Crippen LogP contribution is 2.28. The van der Waals surface area contributed by atoms with E-state index in [9.17, 15) is 22.8 Å². The largest absolute Gasteiger partial charge is 0.573 e. The van der Waals surface area contributed by atoms with Crippen LogP contribution < -0.4 is 30.9 Å². The fourth-order valence-corrected chi connectivity index (χ4v) is 4.03. The lowest BCUT2D eigenvalue weighted by Crippen LogP contribution is -2.52. The normalized spacial score (nSPS) is 12.3. The van der Waals surface area contributed by atoms with E-state index in [1.165, 1.54) is 48.1 Å². The molecule has 39 heavy (non-hydrogen) atoms. The summed E-state index contributed by atoms with van der Waals surface area (Å²) in [5, 5.41) is 11.9. The number of anilines is 1. The van der Waals surface area contributed by atoms with Crippen molar-refractivity contribution in [2.24, 2.45) is 7.05 Å². The first-order chi connectivity index (χ1) is 18.4. The minimum absolute atomic E-state index is 0.00580. The van der Waals surface area contributed by atoms with Crippen LogP contribution in [0.15, 0.2) is 52.3 Å². The molecule has 0 bridgehead atoms. The zero-order valence-electron chi connectivity index (χ0n) is 21.2. The first-order valence-electron chi connectivity index (χ1n) is 11.6. The summed E-state index contributed by atoms with van der Waals surface area (Å²) in [6, 6.07) is 6.55. The van der Waals surface area contributed by atoms with Gasteiger partial charge in [-0.1, -0.05) is 17.7 Å². The number of rotatable bonds is 12. The number of pyridine rings is 1. The van der Waals surface area contributed by atoms with Gasteiger partial charge in [-0.05, 0) is 44.2 Å². The summed E-state index contributed by atoms with van der Waals surface area (Å²) in [5.41, 5.74) is -0.283. The molecule has 212 valence electrons. The van der Waals surface area contributed by atoms with E-state index in [2.05, 4.69) is 19.9 Å². The third-order valence-corrected chi connectivity index (χ3v) is 5.85. The number of aromatic nitrogens is 3. The second kappa shape index (κ2) is 13.0. The summed E-state index contributed by atoms with van der Waals surface area (Å²) < 4.78 is 50.5. The van der Waals surface area contributed by atoms with Gasteiger partial charge in [0, 0.05) is 44.3 Å². The van der Waals surface area contributed by atoms with E-state index in [0.717, 1.165) is 16.7 Å². The number of nitrogens with zero attached hydrogens (tertiary/aromatic N) is 4. The summed E-state index contributed by atoms with van der Waals surface area (Å²) in [4.78, 5) is 36.2. The highest BCUT2D eigenvalue weighted by Gasteiger charge is 2.32. The van der Waals surface area contributed by atoms with E-state index in [1.807, 2.05) is 0 Å². The Labute approximate surface area is 225 Å². The molecule has 1 atom stereocenters.